The number of rotatable bonds is 0. The summed E-state index contributed by atoms with van der Waals surface area (Å²) >= 11 is 0. The van der Waals surface area contributed by atoms with Crippen molar-refractivity contribution in [3.63, 3.8) is 0 Å². The van der Waals surface area contributed by atoms with Crippen molar-refractivity contribution < 1.29 is 34.4 Å². The average Bonchev–Trinajstić information content (AvgIpc) is 2.92. The van der Waals surface area contributed by atoms with Crippen molar-refractivity contribution in [2.45, 2.75) is 64.6 Å². The standard InChI is InChI=1S/C21H30O7/c1-8-5-12(22)16(24)19(4)11(8)6-13-20-7-27-21(26,18(19)20)15(23)9(2)14(20)10(3)17(25)28-13/h8-11,13-16,18,23-24,26H,5-7H2,1-4H3/t8?,9-,10-,11+,13-,14-,15-,16-,18?,19-,20+,21-/m1/s1. The number of ether oxygens (including phenoxy) is 2. The van der Waals surface area contributed by atoms with Gasteiger partial charge in [-0.3, -0.25) is 9.59 Å². The number of carbonyl (C=O) groups excluding carboxylic acids is 2. The van der Waals surface area contributed by atoms with Gasteiger partial charge in [0.05, 0.1) is 12.5 Å². The van der Waals surface area contributed by atoms with E-state index in [1.54, 1.807) is 6.92 Å². The summed E-state index contributed by atoms with van der Waals surface area (Å²) in [6, 6.07) is 0. The van der Waals surface area contributed by atoms with E-state index in [-0.39, 0.29) is 48.5 Å². The van der Waals surface area contributed by atoms with Crippen molar-refractivity contribution in [1.29, 1.82) is 0 Å². The smallest absolute Gasteiger partial charge is 0.309 e. The monoisotopic (exact) mass is 394 g/mol. The van der Waals surface area contributed by atoms with Crippen molar-refractivity contribution in [3.05, 3.63) is 0 Å². The van der Waals surface area contributed by atoms with Gasteiger partial charge in [-0.25, -0.2) is 0 Å². The molecule has 156 valence electrons. The van der Waals surface area contributed by atoms with Crippen LogP contribution in [0, 0.1) is 46.3 Å². The minimum absolute atomic E-state index is 0.0192. The lowest BCUT2D eigenvalue weighted by atomic mass is 9.36. The van der Waals surface area contributed by atoms with Crippen LogP contribution in [0.4, 0.5) is 0 Å². The summed E-state index contributed by atoms with van der Waals surface area (Å²) in [6.07, 6.45) is -2.09. The molecule has 28 heavy (non-hydrogen) atoms. The van der Waals surface area contributed by atoms with Gasteiger partial charge in [-0.05, 0) is 30.1 Å². The fourth-order valence-corrected chi connectivity index (χ4v) is 8.43. The van der Waals surface area contributed by atoms with Crippen LogP contribution >= 0.6 is 0 Å². The molecule has 2 saturated heterocycles. The van der Waals surface area contributed by atoms with Gasteiger partial charge < -0.3 is 24.8 Å². The summed E-state index contributed by atoms with van der Waals surface area (Å²) in [7, 11) is 0. The zero-order valence-corrected chi connectivity index (χ0v) is 16.8. The summed E-state index contributed by atoms with van der Waals surface area (Å²) in [5, 5.41) is 33.8. The second-order valence-electron chi connectivity index (χ2n) is 10.4. The summed E-state index contributed by atoms with van der Waals surface area (Å²) in [5.74, 6) is -4.29. The first-order valence-electron chi connectivity index (χ1n) is 10.5. The molecule has 7 heteroatoms. The largest absolute Gasteiger partial charge is 0.461 e. The molecule has 2 aliphatic heterocycles. The number of ketones is 1. The number of aliphatic hydroxyl groups is 3. The van der Waals surface area contributed by atoms with Gasteiger partial charge in [-0.15, -0.1) is 0 Å². The molecular weight excluding hydrogens is 364 g/mol. The Bertz CT molecular complexity index is 753. The quantitative estimate of drug-likeness (QED) is 0.513. The summed E-state index contributed by atoms with van der Waals surface area (Å²) in [5.41, 5.74) is -1.68. The predicted octanol–water partition coefficient (Wildman–Crippen LogP) is 0.492. The summed E-state index contributed by atoms with van der Waals surface area (Å²) in [6.45, 7) is 7.64. The number of Topliss-reactive ketones (excluding diaryl/α,β-unsaturated/α-hetero) is 1. The lowest BCUT2D eigenvalue weighted by molar-refractivity contribution is -0.343. The average molecular weight is 394 g/mol. The van der Waals surface area contributed by atoms with Crippen LogP contribution in [0.3, 0.4) is 0 Å². The molecule has 3 aliphatic carbocycles. The van der Waals surface area contributed by atoms with Crippen LogP contribution in [0.2, 0.25) is 0 Å². The normalized spacial score (nSPS) is 62.8. The Balaban J connectivity index is 1.77. The second kappa shape index (κ2) is 5.36. The lowest BCUT2D eigenvalue weighted by Gasteiger charge is -2.69. The van der Waals surface area contributed by atoms with E-state index < -0.39 is 46.8 Å². The zero-order chi connectivity index (χ0) is 20.4. The van der Waals surface area contributed by atoms with E-state index >= 15 is 0 Å². The number of fused-ring (bicyclic) bond motifs is 1. The molecule has 3 N–H and O–H groups in total. The number of carbonyl (C=O) groups is 2. The van der Waals surface area contributed by atoms with Crippen molar-refractivity contribution in [2.75, 3.05) is 6.61 Å². The highest BCUT2D eigenvalue weighted by Gasteiger charge is 2.82. The molecule has 12 atom stereocenters. The topological polar surface area (TPSA) is 113 Å². The number of esters is 1. The van der Waals surface area contributed by atoms with Gasteiger partial charge in [0, 0.05) is 23.2 Å². The SMILES string of the molecule is CC1CC(=O)[C@@H](O)[C@]2(C)C3[C@]45CO[C@]3(O)[C@H](O)[C@H](C)[C@@H]4[C@@H](C)C(=O)O[C@@H]5C[C@@H]12. The molecule has 0 aromatic rings. The first-order chi connectivity index (χ1) is 13.0. The zero-order valence-electron chi connectivity index (χ0n) is 16.8. The highest BCUT2D eigenvalue weighted by molar-refractivity contribution is 5.85. The van der Waals surface area contributed by atoms with Crippen molar-refractivity contribution >= 4 is 11.8 Å². The molecule has 2 heterocycles. The number of aliphatic hydroxyl groups excluding tert-OH is 2. The molecule has 7 nitrogen and oxygen atoms in total. The molecule has 2 bridgehead atoms. The second-order valence-corrected chi connectivity index (χ2v) is 10.4. The molecule has 3 saturated carbocycles. The highest BCUT2D eigenvalue weighted by atomic mass is 16.6. The molecule has 0 aromatic carbocycles. The van der Waals surface area contributed by atoms with Crippen LogP contribution in [0.25, 0.3) is 0 Å². The van der Waals surface area contributed by atoms with Crippen LogP contribution in [0.15, 0.2) is 0 Å². The van der Waals surface area contributed by atoms with Gasteiger partial charge in [0.1, 0.15) is 18.3 Å². The Labute approximate surface area is 164 Å². The Kier molecular flexibility index (Phi) is 3.63. The number of hydrogen-bond acceptors (Lipinski definition) is 7. The molecular formula is C21H30O7. The van der Waals surface area contributed by atoms with Crippen molar-refractivity contribution in [1.82, 2.24) is 0 Å². The molecule has 1 spiro atoms. The highest BCUT2D eigenvalue weighted by Crippen LogP contribution is 2.74. The van der Waals surface area contributed by atoms with E-state index in [2.05, 4.69) is 0 Å². The fourth-order valence-electron chi connectivity index (χ4n) is 8.43. The van der Waals surface area contributed by atoms with Crippen LogP contribution in [-0.2, 0) is 19.1 Å². The van der Waals surface area contributed by atoms with Crippen LogP contribution in [-0.4, -0.2) is 57.8 Å². The number of hydrogen-bond donors (Lipinski definition) is 3. The third kappa shape index (κ3) is 1.77. The van der Waals surface area contributed by atoms with E-state index in [1.165, 1.54) is 0 Å². The van der Waals surface area contributed by atoms with Crippen molar-refractivity contribution in [2.24, 2.45) is 46.3 Å². The van der Waals surface area contributed by atoms with Crippen molar-refractivity contribution in [3.8, 4) is 0 Å². The summed E-state index contributed by atoms with van der Waals surface area (Å²) in [4.78, 5) is 25.3. The Morgan fingerprint density at radius 3 is 2.50 bits per heavy atom. The predicted molar refractivity (Wildman–Crippen MR) is 95.5 cm³/mol. The van der Waals surface area contributed by atoms with Gasteiger partial charge in [0.15, 0.2) is 11.6 Å². The van der Waals surface area contributed by atoms with E-state index in [0.717, 1.165) is 0 Å². The molecule has 5 fully saturated rings. The van der Waals surface area contributed by atoms with Gasteiger partial charge in [0.2, 0.25) is 0 Å². The van der Waals surface area contributed by atoms with Crippen LogP contribution in [0.5, 0.6) is 0 Å². The molecule has 5 aliphatic rings. The van der Waals surface area contributed by atoms with Gasteiger partial charge in [-0.2, -0.15) is 0 Å². The minimum Gasteiger partial charge on any atom is -0.461 e. The molecule has 0 radical (unpaired) electrons. The van der Waals surface area contributed by atoms with Crippen LogP contribution < -0.4 is 0 Å². The fraction of sp³-hybridized carbons (Fsp3) is 0.905. The van der Waals surface area contributed by atoms with Gasteiger partial charge >= 0.3 is 5.97 Å². The Morgan fingerprint density at radius 1 is 1.14 bits per heavy atom. The molecule has 2 unspecified atom stereocenters. The van der Waals surface area contributed by atoms with E-state index in [1.807, 2.05) is 20.8 Å². The van der Waals surface area contributed by atoms with E-state index in [4.69, 9.17) is 9.47 Å². The van der Waals surface area contributed by atoms with Crippen LogP contribution in [0.1, 0.15) is 40.5 Å². The van der Waals surface area contributed by atoms with Gasteiger partial charge in [-0.1, -0.05) is 27.7 Å². The lowest BCUT2D eigenvalue weighted by Crippen LogP contribution is -2.77. The van der Waals surface area contributed by atoms with E-state index in [0.29, 0.717) is 6.42 Å². The Morgan fingerprint density at radius 2 is 1.82 bits per heavy atom. The first-order valence-corrected chi connectivity index (χ1v) is 10.5. The molecule has 0 amide bonds. The Hall–Kier alpha value is -1.02. The third-order valence-electron chi connectivity index (χ3n) is 9.37. The summed E-state index contributed by atoms with van der Waals surface area (Å²) < 4.78 is 11.8. The molecule has 5 rings (SSSR count). The third-order valence-corrected chi connectivity index (χ3v) is 9.37. The minimum atomic E-state index is -1.87. The maximum atomic E-state index is 12.7. The van der Waals surface area contributed by atoms with Gasteiger partial charge in [0.25, 0.3) is 0 Å². The maximum Gasteiger partial charge on any atom is 0.309 e. The van der Waals surface area contributed by atoms with E-state index in [9.17, 15) is 24.9 Å². The molecule has 0 aromatic heterocycles. The first kappa shape index (κ1) is 19.0. The maximum absolute atomic E-state index is 12.7.